The number of fused-ring (bicyclic) bond motifs is 1. The van der Waals surface area contributed by atoms with E-state index in [0.29, 0.717) is 12.3 Å². The standard InChI is InChI=1S/C15H20N2O4/c16-11-5-10(1-4-15(18)19)7-17(8-11)12-2-3-13-14(6-12)21-9-20-13/h2-3,6,10-11H,1,4-5,7-9,16H2,(H,18,19). The van der Waals surface area contributed by atoms with Crippen LogP contribution in [-0.4, -0.2) is 37.0 Å². The molecule has 0 radical (unpaired) electrons. The van der Waals surface area contributed by atoms with Gasteiger partial charge in [0.2, 0.25) is 6.79 Å². The number of piperidine rings is 1. The number of anilines is 1. The number of benzene rings is 1. The van der Waals surface area contributed by atoms with Gasteiger partial charge in [0.05, 0.1) is 0 Å². The molecule has 2 atom stereocenters. The van der Waals surface area contributed by atoms with Crippen LogP contribution in [0.3, 0.4) is 0 Å². The minimum atomic E-state index is -0.747. The number of carboxylic acid groups (broad SMARTS) is 1. The number of carboxylic acids is 1. The van der Waals surface area contributed by atoms with Gasteiger partial charge in [0.15, 0.2) is 11.5 Å². The molecule has 1 aromatic rings. The molecule has 6 nitrogen and oxygen atoms in total. The van der Waals surface area contributed by atoms with E-state index in [1.807, 2.05) is 18.2 Å². The fourth-order valence-corrected chi connectivity index (χ4v) is 3.08. The zero-order valence-corrected chi connectivity index (χ0v) is 11.8. The zero-order valence-electron chi connectivity index (χ0n) is 11.8. The van der Waals surface area contributed by atoms with E-state index in [-0.39, 0.29) is 19.3 Å². The average molecular weight is 292 g/mol. The van der Waals surface area contributed by atoms with E-state index in [1.165, 1.54) is 0 Å². The van der Waals surface area contributed by atoms with Gasteiger partial charge in [0.1, 0.15) is 0 Å². The number of aliphatic carboxylic acids is 1. The molecule has 1 saturated heterocycles. The summed E-state index contributed by atoms with van der Waals surface area (Å²) < 4.78 is 10.7. The van der Waals surface area contributed by atoms with Gasteiger partial charge in [-0.25, -0.2) is 0 Å². The van der Waals surface area contributed by atoms with Crippen LogP contribution in [0, 0.1) is 5.92 Å². The summed E-state index contributed by atoms with van der Waals surface area (Å²) in [7, 11) is 0. The monoisotopic (exact) mass is 292 g/mol. The Morgan fingerprint density at radius 2 is 2.14 bits per heavy atom. The second-order valence-corrected chi connectivity index (χ2v) is 5.74. The molecule has 1 fully saturated rings. The van der Waals surface area contributed by atoms with Gasteiger partial charge < -0.3 is 25.2 Å². The number of hydrogen-bond donors (Lipinski definition) is 2. The van der Waals surface area contributed by atoms with Crippen LogP contribution in [0.2, 0.25) is 0 Å². The van der Waals surface area contributed by atoms with E-state index in [0.717, 1.165) is 36.7 Å². The lowest BCUT2D eigenvalue weighted by molar-refractivity contribution is -0.137. The van der Waals surface area contributed by atoms with Gasteiger partial charge in [-0.15, -0.1) is 0 Å². The van der Waals surface area contributed by atoms with E-state index >= 15 is 0 Å². The minimum absolute atomic E-state index is 0.0722. The third-order valence-electron chi connectivity index (χ3n) is 4.06. The number of ether oxygens (including phenoxy) is 2. The highest BCUT2D eigenvalue weighted by molar-refractivity contribution is 5.66. The molecule has 3 N–H and O–H groups in total. The summed E-state index contributed by atoms with van der Waals surface area (Å²) in [6.07, 6.45) is 1.75. The number of nitrogens with zero attached hydrogens (tertiary/aromatic N) is 1. The molecule has 0 aromatic heterocycles. The molecule has 0 bridgehead atoms. The van der Waals surface area contributed by atoms with E-state index in [4.69, 9.17) is 20.3 Å². The quantitative estimate of drug-likeness (QED) is 0.873. The SMILES string of the molecule is NC1CC(CCC(=O)O)CN(c2ccc3c(c2)OCO3)C1. The number of hydrogen-bond acceptors (Lipinski definition) is 5. The van der Waals surface area contributed by atoms with Gasteiger partial charge in [0.25, 0.3) is 0 Å². The molecule has 1 aromatic carbocycles. The van der Waals surface area contributed by atoms with Crippen LogP contribution in [0.25, 0.3) is 0 Å². The van der Waals surface area contributed by atoms with Gasteiger partial charge in [-0.3, -0.25) is 4.79 Å². The lowest BCUT2D eigenvalue weighted by atomic mass is 9.90. The Balaban J connectivity index is 1.70. The maximum absolute atomic E-state index is 10.7. The van der Waals surface area contributed by atoms with Gasteiger partial charge in [-0.05, 0) is 30.9 Å². The summed E-state index contributed by atoms with van der Waals surface area (Å²) in [4.78, 5) is 12.9. The molecule has 3 rings (SSSR count). The Kier molecular flexibility index (Phi) is 3.88. The normalized spacial score (nSPS) is 24.1. The first-order chi connectivity index (χ1) is 10.1. The Labute approximate surface area is 123 Å². The van der Waals surface area contributed by atoms with Crippen LogP contribution >= 0.6 is 0 Å². The highest BCUT2D eigenvalue weighted by Gasteiger charge is 2.26. The van der Waals surface area contributed by atoms with E-state index in [1.54, 1.807) is 0 Å². The highest BCUT2D eigenvalue weighted by atomic mass is 16.7. The van der Waals surface area contributed by atoms with Crippen molar-refractivity contribution in [2.75, 3.05) is 24.8 Å². The van der Waals surface area contributed by atoms with Crippen molar-refractivity contribution in [3.63, 3.8) is 0 Å². The van der Waals surface area contributed by atoms with Crippen LogP contribution in [0.15, 0.2) is 18.2 Å². The fourth-order valence-electron chi connectivity index (χ4n) is 3.08. The second-order valence-electron chi connectivity index (χ2n) is 5.74. The largest absolute Gasteiger partial charge is 0.481 e. The molecular weight excluding hydrogens is 272 g/mol. The molecule has 2 aliphatic rings. The summed E-state index contributed by atoms with van der Waals surface area (Å²) in [6, 6.07) is 5.95. The predicted octanol–water partition coefficient (Wildman–Crippen LogP) is 1.43. The molecule has 0 amide bonds. The highest BCUT2D eigenvalue weighted by Crippen LogP contribution is 2.36. The van der Waals surface area contributed by atoms with E-state index in [9.17, 15) is 4.79 Å². The second kappa shape index (κ2) is 5.81. The van der Waals surface area contributed by atoms with Gasteiger partial charge in [-0.1, -0.05) is 0 Å². The molecule has 21 heavy (non-hydrogen) atoms. The molecule has 0 spiro atoms. The van der Waals surface area contributed by atoms with Crippen LogP contribution in [0.1, 0.15) is 19.3 Å². The summed E-state index contributed by atoms with van der Waals surface area (Å²) in [5, 5.41) is 8.82. The molecule has 6 heteroatoms. The first-order valence-electron chi connectivity index (χ1n) is 7.24. The maximum Gasteiger partial charge on any atom is 0.303 e. The third kappa shape index (κ3) is 3.21. The van der Waals surface area contributed by atoms with Crippen molar-refractivity contribution < 1.29 is 19.4 Å². The van der Waals surface area contributed by atoms with Gasteiger partial charge in [-0.2, -0.15) is 0 Å². The first-order valence-corrected chi connectivity index (χ1v) is 7.24. The third-order valence-corrected chi connectivity index (χ3v) is 4.06. The maximum atomic E-state index is 10.7. The lowest BCUT2D eigenvalue weighted by Gasteiger charge is -2.37. The van der Waals surface area contributed by atoms with Crippen molar-refractivity contribution in [1.82, 2.24) is 0 Å². The van der Waals surface area contributed by atoms with Gasteiger partial charge in [0, 0.05) is 37.3 Å². The number of nitrogens with two attached hydrogens (primary N) is 1. The zero-order chi connectivity index (χ0) is 14.8. The van der Waals surface area contributed by atoms with Gasteiger partial charge >= 0.3 is 5.97 Å². The van der Waals surface area contributed by atoms with Crippen LogP contribution in [-0.2, 0) is 4.79 Å². The minimum Gasteiger partial charge on any atom is -0.481 e. The van der Waals surface area contributed by atoms with Crippen molar-refractivity contribution in [3.8, 4) is 11.5 Å². The Bertz CT molecular complexity index is 534. The van der Waals surface area contributed by atoms with E-state index < -0.39 is 5.97 Å². The summed E-state index contributed by atoms with van der Waals surface area (Å²) in [6.45, 7) is 1.88. The Morgan fingerprint density at radius 1 is 1.33 bits per heavy atom. The fraction of sp³-hybridized carbons (Fsp3) is 0.533. The average Bonchev–Trinajstić information content (AvgIpc) is 2.92. The summed E-state index contributed by atoms with van der Waals surface area (Å²) in [5.74, 6) is 1.09. The van der Waals surface area contributed by atoms with Crippen LogP contribution < -0.4 is 20.1 Å². The molecule has 114 valence electrons. The van der Waals surface area contributed by atoms with Crippen molar-refractivity contribution in [2.24, 2.45) is 11.7 Å². The molecule has 2 aliphatic heterocycles. The summed E-state index contributed by atoms with van der Waals surface area (Å²) >= 11 is 0. The van der Waals surface area contributed by atoms with Crippen molar-refractivity contribution in [2.45, 2.75) is 25.3 Å². The van der Waals surface area contributed by atoms with Crippen LogP contribution in [0.5, 0.6) is 11.5 Å². The molecule has 2 unspecified atom stereocenters. The Hall–Kier alpha value is -1.95. The molecule has 0 saturated carbocycles. The smallest absolute Gasteiger partial charge is 0.303 e. The number of rotatable bonds is 4. The lowest BCUT2D eigenvalue weighted by Crippen LogP contribution is -2.47. The van der Waals surface area contributed by atoms with E-state index in [2.05, 4.69) is 4.90 Å². The first kappa shape index (κ1) is 14.0. The summed E-state index contributed by atoms with van der Waals surface area (Å²) in [5.41, 5.74) is 7.18. The van der Waals surface area contributed by atoms with Crippen molar-refractivity contribution in [3.05, 3.63) is 18.2 Å². The van der Waals surface area contributed by atoms with Crippen LogP contribution in [0.4, 0.5) is 5.69 Å². The molecule has 0 aliphatic carbocycles. The van der Waals surface area contributed by atoms with Crippen molar-refractivity contribution in [1.29, 1.82) is 0 Å². The predicted molar refractivity (Wildman–Crippen MR) is 77.7 cm³/mol. The Morgan fingerprint density at radius 3 is 2.95 bits per heavy atom. The van der Waals surface area contributed by atoms with Crippen molar-refractivity contribution >= 4 is 11.7 Å². The molecule has 2 heterocycles. The number of carbonyl (C=O) groups is 1. The molecular formula is C15H20N2O4. The topological polar surface area (TPSA) is 85.0 Å².